The maximum atomic E-state index is 13.8. The van der Waals surface area contributed by atoms with Crippen LogP contribution in [-0.4, -0.2) is 20.6 Å². The summed E-state index contributed by atoms with van der Waals surface area (Å²) in [6, 6.07) is 4.54. The van der Waals surface area contributed by atoms with Crippen LogP contribution in [0.2, 0.25) is 0 Å². The van der Waals surface area contributed by atoms with Crippen molar-refractivity contribution in [2.24, 2.45) is 7.05 Å². The number of thiophene rings is 1. The van der Waals surface area contributed by atoms with Crippen LogP contribution in [0.15, 0.2) is 39.6 Å². The summed E-state index contributed by atoms with van der Waals surface area (Å²) >= 11 is 2.40. The van der Waals surface area contributed by atoms with Gasteiger partial charge in [-0.3, -0.25) is 14.2 Å². The number of nitrogens with zero attached hydrogens (tertiary/aromatic N) is 2. The molecule has 8 heteroatoms. The molecule has 0 radical (unpaired) electrons. The lowest BCUT2D eigenvalue weighted by molar-refractivity contribution is 0.0990. The van der Waals surface area contributed by atoms with E-state index in [0.29, 0.717) is 21.4 Å². The van der Waals surface area contributed by atoms with Gasteiger partial charge in [0.2, 0.25) is 0 Å². The Morgan fingerprint density at radius 3 is 2.79 bits per heavy atom. The van der Waals surface area contributed by atoms with Crippen LogP contribution < -0.4 is 5.56 Å². The second-order valence-corrected chi connectivity index (χ2v) is 7.35. The van der Waals surface area contributed by atoms with E-state index in [9.17, 15) is 18.4 Å². The Hall–Kier alpha value is -2.06. The molecule has 3 rings (SSSR count). The molecule has 2 heterocycles. The smallest absolute Gasteiger partial charge is 0.262 e. The van der Waals surface area contributed by atoms with Gasteiger partial charge in [0, 0.05) is 13.1 Å². The van der Waals surface area contributed by atoms with E-state index in [0.717, 1.165) is 23.9 Å². The fourth-order valence-corrected chi connectivity index (χ4v) is 3.95. The normalized spacial score (nSPS) is 12.5. The average molecular weight is 366 g/mol. The number of Topliss-reactive ketones (excluding diaryl/α,β-unsaturated/α-hetero) is 1. The molecule has 124 valence electrons. The predicted molar refractivity (Wildman–Crippen MR) is 90.9 cm³/mol. The number of hydrogen-bond donors (Lipinski definition) is 0. The number of fused-ring (bicyclic) bond motifs is 1. The Bertz CT molecular complexity index is 997. The third-order valence-corrected chi connectivity index (χ3v) is 5.46. The highest BCUT2D eigenvalue weighted by Gasteiger charge is 2.22. The Labute approximate surface area is 144 Å². The largest absolute Gasteiger partial charge is 0.293 e. The van der Waals surface area contributed by atoms with Gasteiger partial charge in [0.1, 0.15) is 16.5 Å². The number of carbonyl (C=O) groups excluding carboxylic acids is 1. The maximum Gasteiger partial charge on any atom is 0.262 e. The second-order valence-electron chi connectivity index (χ2n) is 5.15. The van der Waals surface area contributed by atoms with E-state index in [-0.39, 0.29) is 11.1 Å². The van der Waals surface area contributed by atoms with E-state index in [1.807, 2.05) is 0 Å². The van der Waals surface area contributed by atoms with Crippen LogP contribution in [0, 0.1) is 11.6 Å². The van der Waals surface area contributed by atoms with E-state index in [1.165, 1.54) is 15.9 Å². The van der Waals surface area contributed by atoms with Crippen molar-refractivity contribution >= 4 is 39.1 Å². The van der Waals surface area contributed by atoms with E-state index in [2.05, 4.69) is 4.98 Å². The number of benzene rings is 1. The molecule has 0 bridgehead atoms. The molecule has 0 saturated carbocycles. The number of aromatic nitrogens is 2. The van der Waals surface area contributed by atoms with Crippen molar-refractivity contribution in [1.82, 2.24) is 9.55 Å². The van der Waals surface area contributed by atoms with Crippen LogP contribution in [0.5, 0.6) is 0 Å². The number of rotatable bonds is 4. The predicted octanol–water partition coefficient (Wildman–Crippen LogP) is 3.64. The first-order valence-corrected chi connectivity index (χ1v) is 8.74. The Balaban J connectivity index is 1.92. The van der Waals surface area contributed by atoms with Crippen molar-refractivity contribution in [3.05, 3.63) is 57.2 Å². The summed E-state index contributed by atoms with van der Waals surface area (Å²) < 4.78 is 28.1. The molecule has 0 saturated heterocycles. The monoisotopic (exact) mass is 366 g/mol. The minimum absolute atomic E-state index is 0.182. The molecule has 24 heavy (non-hydrogen) atoms. The van der Waals surface area contributed by atoms with Crippen molar-refractivity contribution in [3.8, 4) is 0 Å². The molecule has 0 amide bonds. The number of hydrogen-bond acceptors (Lipinski definition) is 5. The van der Waals surface area contributed by atoms with Gasteiger partial charge >= 0.3 is 0 Å². The summed E-state index contributed by atoms with van der Waals surface area (Å²) in [6.07, 6.45) is 0. The zero-order valence-corrected chi connectivity index (χ0v) is 14.4. The molecule has 0 N–H and O–H groups in total. The van der Waals surface area contributed by atoms with Gasteiger partial charge in [-0.15, -0.1) is 11.3 Å². The molecular formula is C16H12F2N2O2S2. The third kappa shape index (κ3) is 2.99. The van der Waals surface area contributed by atoms with Crippen molar-refractivity contribution in [2.45, 2.75) is 17.3 Å². The molecule has 0 aliphatic rings. The van der Waals surface area contributed by atoms with Gasteiger partial charge in [0.25, 0.3) is 5.56 Å². The van der Waals surface area contributed by atoms with Crippen LogP contribution in [0.3, 0.4) is 0 Å². The van der Waals surface area contributed by atoms with E-state index < -0.39 is 22.7 Å². The van der Waals surface area contributed by atoms with Crippen LogP contribution >= 0.6 is 23.1 Å². The third-order valence-electron chi connectivity index (χ3n) is 3.51. The van der Waals surface area contributed by atoms with Gasteiger partial charge in [-0.05, 0) is 30.5 Å². The quantitative estimate of drug-likeness (QED) is 0.402. The van der Waals surface area contributed by atoms with E-state index in [4.69, 9.17) is 0 Å². The highest BCUT2D eigenvalue weighted by atomic mass is 32.2. The van der Waals surface area contributed by atoms with E-state index in [1.54, 1.807) is 25.4 Å². The zero-order valence-electron chi connectivity index (χ0n) is 12.7. The molecule has 2 aromatic heterocycles. The molecule has 1 unspecified atom stereocenters. The number of ketones is 1. The standard InChI is InChI=1S/C16H12F2N2O2S2/c1-8(13(21)10-4-3-9(17)7-12(10)18)24-16-19-14-11(5-6-23-14)15(22)20(16)2/h3-8H,1-2H3. The number of thioether (sulfide) groups is 1. The maximum absolute atomic E-state index is 13.8. The van der Waals surface area contributed by atoms with Crippen molar-refractivity contribution in [2.75, 3.05) is 0 Å². The highest BCUT2D eigenvalue weighted by molar-refractivity contribution is 8.00. The van der Waals surface area contributed by atoms with Crippen molar-refractivity contribution < 1.29 is 13.6 Å². The lowest BCUT2D eigenvalue weighted by atomic mass is 10.1. The summed E-state index contributed by atoms with van der Waals surface area (Å²) in [7, 11) is 1.57. The van der Waals surface area contributed by atoms with Crippen LogP contribution in [0.4, 0.5) is 8.78 Å². The van der Waals surface area contributed by atoms with Gasteiger partial charge in [-0.25, -0.2) is 13.8 Å². The second kappa shape index (κ2) is 6.45. The molecule has 0 spiro atoms. The molecule has 0 aliphatic heterocycles. The fourth-order valence-electron chi connectivity index (χ4n) is 2.21. The molecule has 0 aliphatic carbocycles. The fraction of sp³-hybridized carbons (Fsp3) is 0.188. The molecule has 3 aromatic rings. The topological polar surface area (TPSA) is 52.0 Å². The molecular weight excluding hydrogens is 354 g/mol. The average Bonchev–Trinajstić information content (AvgIpc) is 3.00. The first-order chi connectivity index (χ1) is 11.4. The summed E-state index contributed by atoms with van der Waals surface area (Å²) in [5.41, 5.74) is -0.380. The zero-order chi connectivity index (χ0) is 17.4. The van der Waals surface area contributed by atoms with Crippen molar-refractivity contribution in [1.29, 1.82) is 0 Å². The minimum atomic E-state index is -0.900. The van der Waals surface area contributed by atoms with Crippen molar-refractivity contribution in [3.63, 3.8) is 0 Å². The van der Waals surface area contributed by atoms with Gasteiger partial charge in [0.15, 0.2) is 10.9 Å². The summed E-state index contributed by atoms with van der Waals surface area (Å²) in [4.78, 5) is 29.6. The first kappa shape index (κ1) is 16.8. The van der Waals surface area contributed by atoms with Crippen LogP contribution in [-0.2, 0) is 7.05 Å². The summed E-state index contributed by atoms with van der Waals surface area (Å²) in [5, 5.41) is 1.99. The van der Waals surface area contributed by atoms with Gasteiger partial charge in [-0.2, -0.15) is 0 Å². The van der Waals surface area contributed by atoms with Gasteiger partial charge in [0.05, 0.1) is 16.2 Å². The van der Waals surface area contributed by atoms with Crippen LogP contribution in [0.25, 0.3) is 10.2 Å². The molecule has 1 aromatic carbocycles. The van der Waals surface area contributed by atoms with Gasteiger partial charge in [-0.1, -0.05) is 11.8 Å². The Kier molecular flexibility index (Phi) is 4.51. The molecule has 4 nitrogen and oxygen atoms in total. The Morgan fingerprint density at radius 2 is 2.08 bits per heavy atom. The van der Waals surface area contributed by atoms with E-state index >= 15 is 0 Å². The first-order valence-electron chi connectivity index (χ1n) is 6.98. The summed E-state index contributed by atoms with van der Waals surface area (Å²) in [5.74, 6) is -2.13. The Morgan fingerprint density at radius 1 is 1.33 bits per heavy atom. The summed E-state index contributed by atoms with van der Waals surface area (Å²) in [6.45, 7) is 1.60. The van der Waals surface area contributed by atoms with Gasteiger partial charge < -0.3 is 0 Å². The molecule has 0 fully saturated rings. The highest BCUT2D eigenvalue weighted by Crippen LogP contribution is 2.26. The SMILES string of the molecule is CC(Sc1nc2sccc2c(=O)n1C)C(=O)c1ccc(F)cc1F. The minimum Gasteiger partial charge on any atom is -0.293 e. The molecule has 1 atom stereocenters. The number of carbonyl (C=O) groups is 1. The lowest BCUT2D eigenvalue weighted by Gasteiger charge is -2.12. The number of halogens is 2. The van der Waals surface area contributed by atoms with Crippen LogP contribution in [0.1, 0.15) is 17.3 Å². The lowest BCUT2D eigenvalue weighted by Crippen LogP contribution is -2.22.